The van der Waals surface area contributed by atoms with Gasteiger partial charge in [-0.15, -0.1) is 11.3 Å². The maximum atomic E-state index is 12.6. The van der Waals surface area contributed by atoms with Crippen molar-refractivity contribution in [3.8, 4) is 5.75 Å². The van der Waals surface area contributed by atoms with Gasteiger partial charge >= 0.3 is 0 Å². The lowest BCUT2D eigenvalue weighted by Gasteiger charge is -2.13. The van der Waals surface area contributed by atoms with Crippen LogP contribution in [0.4, 0.5) is 5.69 Å². The maximum absolute atomic E-state index is 12.6. The summed E-state index contributed by atoms with van der Waals surface area (Å²) in [7, 11) is -3.89. The van der Waals surface area contributed by atoms with Crippen LogP contribution >= 0.6 is 11.3 Å². The fourth-order valence-corrected chi connectivity index (χ4v) is 4.30. The molecule has 0 aliphatic carbocycles. The number of anilines is 1. The number of rotatable bonds is 4. The van der Waals surface area contributed by atoms with Crippen LogP contribution in [0, 0.1) is 6.92 Å². The minimum absolute atomic E-state index is 0.0180. The molecule has 0 radical (unpaired) electrons. The molecule has 0 aliphatic heterocycles. The number of phenols is 1. The molecule has 120 valence electrons. The van der Waals surface area contributed by atoms with E-state index in [0.717, 1.165) is 15.2 Å². The number of aromatic hydroxyl groups is 1. The van der Waals surface area contributed by atoms with Gasteiger partial charge in [-0.05, 0) is 31.2 Å². The first-order valence-electron chi connectivity index (χ1n) is 6.72. The summed E-state index contributed by atoms with van der Waals surface area (Å²) in [5.41, 5.74) is 1.02. The lowest BCUT2D eigenvalue weighted by Crippen LogP contribution is -2.14. The highest BCUT2D eigenvalue weighted by molar-refractivity contribution is 7.92. The van der Waals surface area contributed by atoms with Gasteiger partial charge in [0.05, 0.1) is 32.4 Å². The number of aliphatic hydroxyl groups is 1. The molecule has 3 rings (SSSR count). The molecule has 0 bridgehead atoms. The van der Waals surface area contributed by atoms with E-state index in [2.05, 4.69) is 9.71 Å². The number of phenolic OH excluding ortho intramolecular Hbond substituents is 1. The molecule has 1 heterocycles. The minimum Gasteiger partial charge on any atom is -0.506 e. The normalized spacial score (nSPS) is 11.7. The zero-order chi connectivity index (χ0) is 16.6. The molecule has 0 spiro atoms. The lowest BCUT2D eigenvalue weighted by atomic mass is 10.2. The highest BCUT2D eigenvalue weighted by Gasteiger charge is 2.19. The van der Waals surface area contributed by atoms with Crippen molar-refractivity contribution in [3.63, 3.8) is 0 Å². The van der Waals surface area contributed by atoms with E-state index in [1.165, 1.54) is 35.6 Å². The topological polar surface area (TPSA) is 99.5 Å². The van der Waals surface area contributed by atoms with Crippen LogP contribution in [-0.4, -0.2) is 23.6 Å². The fraction of sp³-hybridized carbons (Fsp3) is 0.133. The summed E-state index contributed by atoms with van der Waals surface area (Å²) in [5.74, 6) is -0.241. The molecule has 2 aromatic carbocycles. The molecule has 0 unspecified atom stereocenters. The zero-order valence-electron chi connectivity index (χ0n) is 12.1. The molecule has 1 aromatic heterocycles. The van der Waals surface area contributed by atoms with Crippen molar-refractivity contribution in [2.24, 2.45) is 0 Å². The van der Waals surface area contributed by atoms with E-state index in [4.69, 9.17) is 0 Å². The van der Waals surface area contributed by atoms with E-state index < -0.39 is 10.0 Å². The second-order valence-electron chi connectivity index (χ2n) is 4.94. The number of nitrogens with zero attached hydrogens (tertiary/aromatic N) is 1. The van der Waals surface area contributed by atoms with Gasteiger partial charge in [-0.25, -0.2) is 13.4 Å². The summed E-state index contributed by atoms with van der Waals surface area (Å²) < 4.78 is 28.2. The Bertz CT molecular complexity index is 980. The van der Waals surface area contributed by atoms with Crippen LogP contribution < -0.4 is 4.72 Å². The summed E-state index contributed by atoms with van der Waals surface area (Å²) in [4.78, 5) is 4.36. The Morgan fingerprint density at radius 3 is 2.78 bits per heavy atom. The third-order valence-corrected chi connectivity index (χ3v) is 5.59. The van der Waals surface area contributed by atoms with Gasteiger partial charge in [-0.2, -0.15) is 0 Å². The van der Waals surface area contributed by atoms with Crippen molar-refractivity contribution in [2.75, 3.05) is 4.72 Å². The monoisotopic (exact) mass is 350 g/mol. The molecule has 23 heavy (non-hydrogen) atoms. The Balaban J connectivity index is 2.04. The largest absolute Gasteiger partial charge is 0.506 e. The second kappa shape index (κ2) is 5.80. The summed E-state index contributed by atoms with van der Waals surface area (Å²) in [6, 6.07) is 9.07. The van der Waals surface area contributed by atoms with E-state index in [-0.39, 0.29) is 22.9 Å². The van der Waals surface area contributed by atoms with Gasteiger partial charge in [-0.1, -0.05) is 12.1 Å². The molecular weight excluding hydrogens is 336 g/mol. The van der Waals surface area contributed by atoms with Gasteiger partial charge in [0, 0.05) is 5.56 Å². The van der Waals surface area contributed by atoms with E-state index in [0.29, 0.717) is 5.56 Å². The first kappa shape index (κ1) is 15.7. The van der Waals surface area contributed by atoms with Gasteiger partial charge in [0.2, 0.25) is 0 Å². The van der Waals surface area contributed by atoms with Crippen molar-refractivity contribution < 1.29 is 18.6 Å². The number of aryl methyl sites for hydroxylation is 1. The molecule has 3 aromatic rings. The van der Waals surface area contributed by atoms with Gasteiger partial charge in [-0.3, -0.25) is 4.72 Å². The Morgan fingerprint density at radius 1 is 1.26 bits per heavy atom. The Kier molecular flexibility index (Phi) is 3.97. The molecule has 0 aliphatic rings. The number of benzene rings is 2. The van der Waals surface area contributed by atoms with Gasteiger partial charge in [0.1, 0.15) is 5.75 Å². The highest BCUT2D eigenvalue weighted by atomic mass is 32.2. The number of sulfonamides is 1. The predicted molar refractivity (Wildman–Crippen MR) is 89.2 cm³/mol. The van der Waals surface area contributed by atoms with Crippen molar-refractivity contribution in [2.45, 2.75) is 18.4 Å². The Hall–Kier alpha value is -2.16. The Morgan fingerprint density at radius 2 is 2.04 bits per heavy atom. The van der Waals surface area contributed by atoms with Gasteiger partial charge < -0.3 is 10.2 Å². The molecule has 0 fully saturated rings. The molecule has 0 saturated heterocycles. The number of hydrogen-bond donors (Lipinski definition) is 3. The Labute approximate surface area is 137 Å². The molecule has 0 amide bonds. The first-order chi connectivity index (χ1) is 10.9. The molecule has 3 N–H and O–H groups in total. The van der Waals surface area contributed by atoms with E-state index in [1.54, 1.807) is 12.1 Å². The van der Waals surface area contributed by atoms with Crippen LogP contribution in [0.25, 0.3) is 10.2 Å². The fourth-order valence-electron chi connectivity index (χ4n) is 2.22. The van der Waals surface area contributed by atoms with Gasteiger partial charge in [0.25, 0.3) is 10.0 Å². The summed E-state index contributed by atoms with van der Waals surface area (Å²) in [5, 5.41) is 20.0. The number of aliphatic hydroxyl groups excluding tert-OH is 1. The van der Waals surface area contributed by atoms with Crippen molar-refractivity contribution >= 4 is 37.3 Å². The summed E-state index contributed by atoms with van der Waals surface area (Å²) in [6.07, 6.45) is 0. The third-order valence-electron chi connectivity index (χ3n) is 3.31. The van der Waals surface area contributed by atoms with Crippen LogP contribution in [0.1, 0.15) is 10.6 Å². The molecule has 8 heteroatoms. The number of para-hydroxylation sites is 1. The average Bonchev–Trinajstić information content (AvgIpc) is 2.88. The first-order valence-corrected chi connectivity index (χ1v) is 9.02. The standard InChI is InChI=1S/C15H14N2O4S2/c1-9-16-12-6-5-11(7-14(12)22-9)23(20,21)17-15-10(8-18)3-2-4-13(15)19/h2-7,17-19H,8H2,1H3. The molecule has 6 nitrogen and oxygen atoms in total. The number of aromatic nitrogens is 1. The van der Waals surface area contributed by atoms with Crippen molar-refractivity contribution in [1.29, 1.82) is 0 Å². The lowest BCUT2D eigenvalue weighted by molar-refractivity contribution is 0.282. The molecule has 0 atom stereocenters. The number of fused-ring (bicyclic) bond motifs is 1. The van der Waals surface area contributed by atoms with Crippen LogP contribution in [0.2, 0.25) is 0 Å². The van der Waals surface area contributed by atoms with Gasteiger partial charge in [0.15, 0.2) is 0 Å². The SMILES string of the molecule is Cc1nc2ccc(S(=O)(=O)Nc3c(O)cccc3CO)cc2s1. The second-order valence-corrected chi connectivity index (χ2v) is 7.85. The van der Waals surface area contributed by atoms with Crippen molar-refractivity contribution in [1.82, 2.24) is 4.98 Å². The minimum atomic E-state index is -3.89. The highest BCUT2D eigenvalue weighted by Crippen LogP contribution is 2.31. The number of nitrogens with one attached hydrogen (secondary N) is 1. The van der Waals surface area contributed by atoms with Crippen LogP contribution in [0.15, 0.2) is 41.3 Å². The van der Waals surface area contributed by atoms with Crippen LogP contribution in [-0.2, 0) is 16.6 Å². The van der Waals surface area contributed by atoms with Crippen LogP contribution in [0.3, 0.4) is 0 Å². The van der Waals surface area contributed by atoms with E-state index in [1.807, 2.05) is 6.92 Å². The average molecular weight is 350 g/mol. The maximum Gasteiger partial charge on any atom is 0.262 e. The van der Waals surface area contributed by atoms with E-state index >= 15 is 0 Å². The summed E-state index contributed by atoms with van der Waals surface area (Å²) >= 11 is 1.41. The summed E-state index contributed by atoms with van der Waals surface area (Å²) in [6.45, 7) is 1.46. The van der Waals surface area contributed by atoms with Crippen LogP contribution in [0.5, 0.6) is 5.75 Å². The predicted octanol–water partition coefficient (Wildman–Crippen LogP) is 2.60. The van der Waals surface area contributed by atoms with E-state index in [9.17, 15) is 18.6 Å². The quantitative estimate of drug-likeness (QED) is 0.628. The number of hydrogen-bond acceptors (Lipinski definition) is 6. The number of thiazole rings is 1. The zero-order valence-corrected chi connectivity index (χ0v) is 13.8. The van der Waals surface area contributed by atoms with Crippen molar-refractivity contribution in [3.05, 3.63) is 47.0 Å². The molecular formula is C15H14N2O4S2. The third kappa shape index (κ3) is 3.00. The molecule has 0 saturated carbocycles. The smallest absolute Gasteiger partial charge is 0.262 e.